The van der Waals surface area contributed by atoms with E-state index in [1.165, 1.54) is 6.07 Å². The molecule has 0 bridgehead atoms. The van der Waals surface area contributed by atoms with Crippen molar-refractivity contribution in [3.63, 3.8) is 0 Å². The van der Waals surface area contributed by atoms with Crippen LogP contribution >= 0.6 is 0 Å². The minimum Gasteiger partial charge on any atom is -0.411 e. The first-order valence-electron chi connectivity index (χ1n) is 4.75. The van der Waals surface area contributed by atoms with Gasteiger partial charge in [-0.3, -0.25) is 10.1 Å². The van der Waals surface area contributed by atoms with Crippen LogP contribution in [-0.2, 0) is 0 Å². The van der Waals surface area contributed by atoms with Crippen molar-refractivity contribution in [3.05, 3.63) is 39.7 Å². The van der Waals surface area contributed by atoms with E-state index in [0.717, 1.165) is 18.6 Å². The molecule has 6 heteroatoms. The third-order valence-electron chi connectivity index (χ3n) is 2.09. The van der Waals surface area contributed by atoms with Gasteiger partial charge in [0, 0.05) is 11.6 Å². The molecule has 0 radical (unpaired) electrons. The third kappa shape index (κ3) is 2.53. The Morgan fingerprint density at radius 2 is 2.31 bits per heavy atom. The fourth-order valence-corrected chi connectivity index (χ4v) is 1.32. The van der Waals surface area contributed by atoms with Gasteiger partial charge in [0.15, 0.2) is 0 Å². The smallest absolute Gasteiger partial charge is 0.304 e. The lowest BCUT2D eigenvalue weighted by molar-refractivity contribution is -0.387. The maximum absolute atomic E-state index is 13.3. The normalized spacial score (nSPS) is 11.5. The molecule has 1 aromatic rings. The first-order valence-corrected chi connectivity index (χ1v) is 4.75. The van der Waals surface area contributed by atoms with Crippen molar-refractivity contribution in [1.29, 1.82) is 0 Å². The van der Waals surface area contributed by atoms with Crippen LogP contribution in [0.15, 0.2) is 23.4 Å². The highest BCUT2D eigenvalue weighted by Crippen LogP contribution is 2.19. The molecule has 5 nitrogen and oxygen atoms in total. The molecule has 1 aromatic carbocycles. The zero-order valence-corrected chi connectivity index (χ0v) is 8.68. The summed E-state index contributed by atoms with van der Waals surface area (Å²) in [5.41, 5.74) is 0.0845. The van der Waals surface area contributed by atoms with Crippen LogP contribution in [0.3, 0.4) is 0 Å². The fourth-order valence-electron chi connectivity index (χ4n) is 1.32. The first-order chi connectivity index (χ1) is 7.60. The highest BCUT2D eigenvalue weighted by molar-refractivity contribution is 6.00. The summed E-state index contributed by atoms with van der Waals surface area (Å²) in [7, 11) is 0. The van der Waals surface area contributed by atoms with E-state index in [2.05, 4.69) is 5.16 Å². The van der Waals surface area contributed by atoms with E-state index in [-0.39, 0.29) is 0 Å². The predicted octanol–water partition coefficient (Wildman–Crippen LogP) is 2.71. The van der Waals surface area contributed by atoms with Gasteiger partial charge in [0.1, 0.15) is 0 Å². The number of hydrogen-bond acceptors (Lipinski definition) is 4. The average Bonchev–Trinajstić information content (AvgIpc) is 2.25. The zero-order chi connectivity index (χ0) is 12.1. The highest BCUT2D eigenvalue weighted by Gasteiger charge is 2.15. The highest BCUT2D eigenvalue weighted by atomic mass is 19.1. The molecule has 0 aromatic heterocycles. The summed E-state index contributed by atoms with van der Waals surface area (Å²) in [4.78, 5) is 9.59. The number of rotatable bonds is 4. The van der Waals surface area contributed by atoms with E-state index in [1.54, 1.807) is 0 Å². The van der Waals surface area contributed by atoms with Crippen LogP contribution in [0.4, 0.5) is 10.1 Å². The topological polar surface area (TPSA) is 75.7 Å². The second-order valence-electron chi connectivity index (χ2n) is 3.22. The molecule has 1 N–H and O–H groups in total. The average molecular weight is 226 g/mol. The second-order valence-corrected chi connectivity index (χ2v) is 3.22. The molecule has 0 spiro atoms. The standard InChI is InChI=1S/C10H11FN2O3/c1-2-3-9(12-14)7-4-5-10(13(15)16)8(11)6-7/h4-6,14H,2-3H2,1H3/b12-9+. The van der Waals surface area contributed by atoms with Crippen molar-refractivity contribution in [2.24, 2.45) is 5.16 Å². The van der Waals surface area contributed by atoms with E-state index in [1.807, 2.05) is 6.92 Å². The van der Waals surface area contributed by atoms with E-state index in [0.29, 0.717) is 17.7 Å². The molecule has 0 aliphatic rings. The summed E-state index contributed by atoms with van der Waals surface area (Å²) >= 11 is 0. The summed E-state index contributed by atoms with van der Waals surface area (Å²) in [6, 6.07) is 3.43. The Kier molecular flexibility index (Phi) is 3.93. The minimum absolute atomic E-state index is 0.316. The molecule has 0 aliphatic heterocycles. The van der Waals surface area contributed by atoms with Gasteiger partial charge < -0.3 is 5.21 Å². The summed E-state index contributed by atoms with van der Waals surface area (Å²) in [5, 5.41) is 22.1. The molecule has 1 rings (SSSR count). The molecule has 0 heterocycles. The van der Waals surface area contributed by atoms with Gasteiger partial charge in [-0.25, -0.2) is 0 Å². The molecule has 0 unspecified atom stereocenters. The van der Waals surface area contributed by atoms with Gasteiger partial charge in [0.2, 0.25) is 5.82 Å². The van der Waals surface area contributed by atoms with Gasteiger partial charge >= 0.3 is 5.69 Å². The Morgan fingerprint density at radius 3 is 2.75 bits per heavy atom. The third-order valence-corrected chi connectivity index (χ3v) is 2.09. The van der Waals surface area contributed by atoms with E-state index < -0.39 is 16.4 Å². The second kappa shape index (κ2) is 5.20. The summed E-state index contributed by atoms with van der Waals surface area (Å²) < 4.78 is 13.3. The number of hydrogen-bond donors (Lipinski definition) is 1. The maximum Gasteiger partial charge on any atom is 0.304 e. The molecular weight excluding hydrogens is 215 g/mol. The van der Waals surface area contributed by atoms with Crippen LogP contribution in [0.25, 0.3) is 0 Å². The molecule has 16 heavy (non-hydrogen) atoms. The number of oxime groups is 1. The minimum atomic E-state index is -0.931. The van der Waals surface area contributed by atoms with Gasteiger partial charge in [-0.15, -0.1) is 0 Å². The van der Waals surface area contributed by atoms with Gasteiger partial charge in [-0.05, 0) is 18.6 Å². The van der Waals surface area contributed by atoms with Crippen molar-refractivity contribution in [2.75, 3.05) is 0 Å². The Labute approximate surface area is 91.4 Å². The monoisotopic (exact) mass is 226 g/mol. The lowest BCUT2D eigenvalue weighted by Gasteiger charge is -2.03. The Hall–Kier alpha value is -1.98. The lowest BCUT2D eigenvalue weighted by atomic mass is 10.1. The van der Waals surface area contributed by atoms with Crippen LogP contribution in [-0.4, -0.2) is 15.8 Å². The summed E-state index contributed by atoms with van der Waals surface area (Å²) in [5.74, 6) is -0.931. The van der Waals surface area contributed by atoms with Gasteiger partial charge in [0.05, 0.1) is 10.6 Å². The van der Waals surface area contributed by atoms with E-state index in [9.17, 15) is 14.5 Å². The quantitative estimate of drug-likeness (QED) is 0.371. The number of nitrogens with zero attached hydrogens (tertiary/aromatic N) is 2. The van der Waals surface area contributed by atoms with Crippen molar-refractivity contribution in [3.8, 4) is 0 Å². The molecule has 0 saturated heterocycles. The first kappa shape index (κ1) is 12.1. The number of nitro benzene ring substituents is 1. The number of benzene rings is 1. The Balaban J connectivity index is 3.09. The SMILES string of the molecule is CCC/C(=N\O)c1ccc([N+](=O)[O-])c(F)c1. The molecule has 0 saturated carbocycles. The number of halogens is 1. The van der Waals surface area contributed by atoms with Crippen molar-refractivity contribution in [2.45, 2.75) is 19.8 Å². The van der Waals surface area contributed by atoms with Crippen LogP contribution in [0.2, 0.25) is 0 Å². The van der Waals surface area contributed by atoms with Crippen LogP contribution in [0, 0.1) is 15.9 Å². The maximum atomic E-state index is 13.3. The Bertz CT molecular complexity index is 432. The van der Waals surface area contributed by atoms with E-state index in [4.69, 9.17) is 5.21 Å². The molecule has 0 aliphatic carbocycles. The largest absolute Gasteiger partial charge is 0.411 e. The molecule has 0 amide bonds. The molecule has 0 atom stereocenters. The van der Waals surface area contributed by atoms with Crippen molar-refractivity contribution in [1.82, 2.24) is 0 Å². The van der Waals surface area contributed by atoms with Crippen molar-refractivity contribution < 1.29 is 14.5 Å². The summed E-state index contributed by atoms with van der Waals surface area (Å²) in [6.45, 7) is 1.88. The molecular formula is C10H11FN2O3. The summed E-state index contributed by atoms with van der Waals surface area (Å²) in [6.07, 6.45) is 1.21. The molecule has 0 fully saturated rings. The van der Waals surface area contributed by atoms with Crippen LogP contribution in [0.1, 0.15) is 25.3 Å². The lowest BCUT2D eigenvalue weighted by Crippen LogP contribution is -2.02. The van der Waals surface area contributed by atoms with Crippen LogP contribution < -0.4 is 0 Å². The van der Waals surface area contributed by atoms with Crippen LogP contribution in [0.5, 0.6) is 0 Å². The number of nitro groups is 1. The van der Waals surface area contributed by atoms with Gasteiger partial charge in [-0.2, -0.15) is 4.39 Å². The van der Waals surface area contributed by atoms with E-state index >= 15 is 0 Å². The van der Waals surface area contributed by atoms with Gasteiger partial charge in [-0.1, -0.05) is 18.5 Å². The fraction of sp³-hybridized carbons (Fsp3) is 0.300. The van der Waals surface area contributed by atoms with Crippen molar-refractivity contribution >= 4 is 11.4 Å². The Morgan fingerprint density at radius 1 is 1.62 bits per heavy atom. The zero-order valence-electron chi connectivity index (χ0n) is 8.68. The van der Waals surface area contributed by atoms with Gasteiger partial charge in [0.25, 0.3) is 0 Å². The molecule has 86 valence electrons. The predicted molar refractivity (Wildman–Crippen MR) is 56.3 cm³/mol.